The van der Waals surface area contributed by atoms with Crippen molar-refractivity contribution in [2.75, 3.05) is 5.32 Å². The van der Waals surface area contributed by atoms with Crippen LogP contribution < -0.4 is 5.32 Å². The molecule has 1 amide bonds. The molecule has 0 atom stereocenters. The van der Waals surface area contributed by atoms with Crippen LogP contribution >= 0.6 is 0 Å². The van der Waals surface area contributed by atoms with Gasteiger partial charge in [0.05, 0.1) is 23.1 Å². The zero-order valence-corrected chi connectivity index (χ0v) is 14.1. The van der Waals surface area contributed by atoms with Gasteiger partial charge >= 0.3 is 0 Å². The number of rotatable bonds is 4. The lowest BCUT2D eigenvalue weighted by Crippen LogP contribution is -2.11. The monoisotopic (exact) mass is 344 g/mol. The van der Waals surface area contributed by atoms with Gasteiger partial charge < -0.3 is 5.32 Å². The average molecular weight is 344 g/mol. The van der Waals surface area contributed by atoms with Gasteiger partial charge in [-0.3, -0.25) is 9.36 Å². The number of benzene rings is 2. The van der Waals surface area contributed by atoms with Gasteiger partial charge in [0.15, 0.2) is 0 Å². The van der Waals surface area contributed by atoms with E-state index in [0.717, 1.165) is 16.9 Å². The van der Waals surface area contributed by atoms with Gasteiger partial charge in [0, 0.05) is 11.9 Å². The molecule has 0 spiro atoms. The number of nitrogens with one attached hydrogen (secondary N) is 1. The van der Waals surface area contributed by atoms with Gasteiger partial charge in [-0.15, -0.1) is 10.2 Å². The molecule has 128 valence electrons. The Morgan fingerprint density at radius 1 is 1.04 bits per heavy atom. The van der Waals surface area contributed by atoms with Crippen LogP contribution in [0.3, 0.4) is 0 Å². The van der Waals surface area contributed by atoms with Crippen LogP contribution in [-0.2, 0) is 0 Å². The van der Waals surface area contributed by atoms with E-state index in [0.29, 0.717) is 11.3 Å². The van der Waals surface area contributed by atoms with E-state index in [4.69, 9.17) is 0 Å². The molecule has 4 rings (SSSR count). The summed E-state index contributed by atoms with van der Waals surface area (Å²) in [5.74, 6) is -0.217. The smallest absolute Gasteiger partial charge is 0.258 e. The fourth-order valence-corrected chi connectivity index (χ4v) is 2.67. The maximum absolute atomic E-state index is 12.5. The molecule has 0 unspecified atom stereocenters. The Bertz CT molecular complexity index is 1050. The first kappa shape index (κ1) is 15.8. The summed E-state index contributed by atoms with van der Waals surface area (Å²) in [6.07, 6.45) is 6.49. The van der Waals surface area contributed by atoms with Gasteiger partial charge in [0.25, 0.3) is 5.91 Å². The van der Waals surface area contributed by atoms with E-state index in [1.54, 1.807) is 34.3 Å². The van der Waals surface area contributed by atoms with E-state index >= 15 is 0 Å². The summed E-state index contributed by atoms with van der Waals surface area (Å²) >= 11 is 0. The summed E-state index contributed by atoms with van der Waals surface area (Å²) < 4.78 is 3.48. The molecular formula is C19H16N6O. The first-order valence-electron chi connectivity index (χ1n) is 8.08. The summed E-state index contributed by atoms with van der Waals surface area (Å²) in [6.45, 7) is 2.01. The molecule has 4 aromatic rings. The first-order chi connectivity index (χ1) is 12.7. The van der Waals surface area contributed by atoms with Crippen molar-refractivity contribution in [1.29, 1.82) is 0 Å². The highest BCUT2D eigenvalue weighted by molar-refractivity contribution is 6.04. The molecule has 0 bridgehead atoms. The average Bonchev–Trinajstić information content (AvgIpc) is 3.35. The number of amides is 1. The highest BCUT2D eigenvalue weighted by Crippen LogP contribution is 2.17. The number of para-hydroxylation sites is 1. The Morgan fingerprint density at radius 3 is 2.65 bits per heavy atom. The lowest BCUT2D eigenvalue weighted by Gasteiger charge is -2.07. The van der Waals surface area contributed by atoms with Crippen molar-refractivity contribution in [3.05, 3.63) is 84.7 Å². The molecule has 2 aromatic heterocycles. The van der Waals surface area contributed by atoms with Crippen molar-refractivity contribution < 1.29 is 4.79 Å². The van der Waals surface area contributed by atoms with Crippen molar-refractivity contribution >= 4 is 11.6 Å². The van der Waals surface area contributed by atoms with Crippen molar-refractivity contribution in [3.63, 3.8) is 0 Å². The van der Waals surface area contributed by atoms with E-state index in [1.165, 1.54) is 0 Å². The predicted molar refractivity (Wildman–Crippen MR) is 97.6 cm³/mol. The third-order valence-corrected chi connectivity index (χ3v) is 4.03. The Balaban J connectivity index is 1.54. The topological polar surface area (TPSA) is 77.6 Å². The normalized spacial score (nSPS) is 10.7. The Morgan fingerprint density at radius 2 is 1.85 bits per heavy atom. The fourth-order valence-electron chi connectivity index (χ4n) is 2.67. The SMILES string of the molecule is Cc1ccccc1-n1cc(C(=O)Nc2cccc(-n3cnnc3)c2)cn1. The van der Waals surface area contributed by atoms with Gasteiger partial charge in [-0.2, -0.15) is 5.10 Å². The molecule has 0 aliphatic carbocycles. The summed E-state index contributed by atoms with van der Waals surface area (Å²) in [7, 11) is 0. The summed E-state index contributed by atoms with van der Waals surface area (Å²) in [5, 5.41) is 14.8. The van der Waals surface area contributed by atoms with Crippen molar-refractivity contribution in [1.82, 2.24) is 24.5 Å². The van der Waals surface area contributed by atoms with E-state index in [9.17, 15) is 4.79 Å². The third-order valence-electron chi connectivity index (χ3n) is 4.03. The standard InChI is InChI=1S/C19H16N6O/c1-14-5-2-3-8-18(14)25-11-15(10-22-25)19(26)23-16-6-4-7-17(9-16)24-12-20-21-13-24/h2-13H,1H3,(H,23,26). The first-order valence-corrected chi connectivity index (χ1v) is 8.08. The minimum absolute atomic E-state index is 0.217. The Hall–Kier alpha value is -3.74. The Labute approximate surface area is 149 Å². The second kappa shape index (κ2) is 6.64. The Kier molecular flexibility index (Phi) is 4.03. The molecule has 2 aromatic carbocycles. The molecule has 7 nitrogen and oxygen atoms in total. The number of aryl methyl sites for hydroxylation is 1. The van der Waals surface area contributed by atoms with Crippen molar-refractivity contribution in [2.45, 2.75) is 6.92 Å². The molecule has 0 saturated heterocycles. The zero-order valence-electron chi connectivity index (χ0n) is 14.1. The molecule has 0 saturated carbocycles. The molecule has 2 heterocycles. The van der Waals surface area contributed by atoms with E-state index in [2.05, 4.69) is 20.6 Å². The van der Waals surface area contributed by atoms with Gasteiger partial charge in [0.2, 0.25) is 0 Å². The number of nitrogens with zero attached hydrogens (tertiary/aromatic N) is 5. The molecule has 26 heavy (non-hydrogen) atoms. The number of carbonyl (C=O) groups is 1. The summed E-state index contributed by atoms with van der Waals surface area (Å²) in [4.78, 5) is 12.5. The lowest BCUT2D eigenvalue weighted by atomic mass is 10.2. The molecule has 7 heteroatoms. The zero-order chi connectivity index (χ0) is 17.9. The minimum Gasteiger partial charge on any atom is -0.322 e. The third kappa shape index (κ3) is 3.10. The highest BCUT2D eigenvalue weighted by atomic mass is 16.1. The molecule has 0 fully saturated rings. The molecule has 0 aliphatic rings. The largest absolute Gasteiger partial charge is 0.322 e. The van der Waals surface area contributed by atoms with Crippen molar-refractivity contribution in [2.24, 2.45) is 0 Å². The molecular weight excluding hydrogens is 328 g/mol. The summed E-state index contributed by atoms with van der Waals surface area (Å²) in [6, 6.07) is 15.3. The van der Waals surface area contributed by atoms with Crippen LogP contribution in [0.4, 0.5) is 5.69 Å². The number of hydrogen-bond donors (Lipinski definition) is 1. The second-order valence-corrected chi connectivity index (χ2v) is 5.83. The number of anilines is 1. The van der Waals surface area contributed by atoms with Gasteiger partial charge in [0.1, 0.15) is 12.7 Å². The van der Waals surface area contributed by atoms with Gasteiger partial charge in [-0.05, 0) is 36.8 Å². The van der Waals surface area contributed by atoms with Crippen LogP contribution in [0, 0.1) is 6.92 Å². The lowest BCUT2D eigenvalue weighted by molar-refractivity contribution is 0.102. The van der Waals surface area contributed by atoms with Crippen molar-refractivity contribution in [3.8, 4) is 11.4 Å². The van der Waals surface area contributed by atoms with Crippen LogP contribution in [-0.4, -0.2) is 30.5 Å². The number of aromatic nitrogens is 5. The van der Waals surface area contributed by atoms with Crippen LogP contribution in [0.2, 0.25) is 0 Å². The van der Waals surface area contributed by atoms with E-state index < -0.39 is 0 Å². The van der Waals surface area contributed by atoms with Crippen LogP contribution in [0.5, 0.6) is 0 Å². The van der Waals surface area contributed by atoms with Crippen LogP contribution in [0.15, 0.2) is 73.6 Å². The maximum atomic E-state index is 12.5. The second-order valence-electron chi connectivity index (χ2n) is 5.83. The fraction of sp³-hybridized carbons (Fsp3) is 0.0526. The van der Waals surface area contributed by atoms with Gasteiger partial charge in [-0.1, -0.05) is 24.3 Å². The minimum atomic E-state index is -0.217. The van der Waals surface area contributed by atoms with Crippen LogP contribution in [0.1, 0.15) is 15.9 Å². The summed E-state index contributed by atoms with van der Waals surface area (Å²) in [5.41, 5.74) is 4.07. The number of hydrogen-bond acceptors (Lipinski definition) is 4. The van der Waals surface area contributed by atoms with E-state index in [-0.39, 0.29) is 5.91 Å². The van der Waals surface area contributed by atoms with E-state index in [1.807, 2.05) is 55.5 Å². The van der Waals surface area contributed by atoms with Crippen LogP contribution in [0.25, 0.3) is 11.4 Å². The maximum Gasteiger partial charge on any atom is 0.258 e. The molecule has 0 aliphatic heterocycles. The highest BCUT2D eigenvalue weighted by Gasteiger charge is 2.11. The molecule has 1 N–H and O–H groups in total. The molecule has 0 radical (unpaired) electrons. The number of carbonyl (C=O) groups excluding carboxylic acids is 1. The van der Waals surface area contributed by atoms with Gasteiger partial charge in [-0.25, -0.2) is 4.68 Å². The predicted octanol–water partition coefficient (Wildman–Crippen LogP) is 3.01. The quantitative estimate of drug-likeness (QED) is 0.617.